The number of nitrogens with one attached hydrogen (secondary N) is 1. The molecule has 202 valence electrons. The van der Waals surface area contributed by atoms with Crippen molar-refractivity contribution in [3.05, 3.63) is 65.4 Å². The molecule has 1 aromatic heterocycles. The SMILES string of the molecule is COc1ccc(-c2cc([C@H]3CN4CC[C@H]3C[C@@H]4CNC(=O)c3ccc(C(C)(C)C)cc3)n(C)n2)cc1OC. The summed E-state index contributed by atoms with van der Waals surface area (Å²) in [4.78, 5) is 15.4. The summed E-state index contributed by atoms with van der Waals surface area (Å²) in [6.45, 7) is 9.32. The van der Waals surface area contributed by atoms with Gasteiger partial charge in [0.2, 0.25) is 0 Å². The van der Waals surface area contributed by atoms with E-state index in [4.69, 9.17) is 14.6 Å². The molecule has 3 saturated heterocycles. The Kier molecular flexibility index (Phi) is 7.23. The van der Waals surface area contributed by atoms with Crippen LogP contribution in [0.3, 0.4) is 0 Å². The number of fused-ring (bicyclic) bond motifs is 3. The molecule has 3 aromatic rings. The number of methoxy groups -OCH3 is 2. The van der Waals surface area contributed by atoms with Gasteiger partial charge >= 0.3 is 0 Å². The van der Waals surface area contributed by atoms with Crippen LogP contribution in [0.1, 0.15) is 61.1 Å². The predicted octanol–water partition coefficient (Wildman–Crippen LogP) is 5.01. The van der Waals surface area contributed by atoms with Gasteiger partial charge in [-0.2, -0.15) is 5.10 Å². The van der Waals surface area contributed by atoms with Crippen molar-refractivity contribution in [1.82, 2.24) is 20.0 Å². The van der Waals surface area contributed by atoms with Crippen molar-refractivity contribution in [3.8, 4) is 22.8 Å². The van der Waals surface area contributed by atoms with E-state index in [1.807, 2.05) is 42.1 Å². The lowest BCUT2D eigenvalue weighted by Crippen LogP contribution is -2.56. The summed E-state index contributed by atoms with van der Waals surface area (Å²) in [5, 5.41) is 8.05. The van der Waals surface area contributed by atoms with E-state index in [0.29, 0.717) is 35.9 Å². The van der Waals surface area contributed by atoms with Gasteiger partial charge in [-0.15, -0.1) is 0 Å². The highest BCUT2D eigenvalue weighted by molar-refractivity contribution is 5.94. The summed E-state index contributed by atoms with van der Waals surface area (Å²) >= 11 is 0. The normalized spacial score (nSPS) is 22.8. The van der Waals surface area contributed by atoms with Crippen molar-refractivity contribution in [2.75, 3.05) is 33.9 Å². The monoisotopic (exact) mass is 516 g/mol. The van der Waals surface area contributed by atoms with Crippen molar-refractivity contribution < 1.29 is 14.3 Å². The fraction of sp³-hybridized carbons (Fsp3) is 0.484. The van der Waals surface area contributed by atoms with Gasteiger partial charge in [0.05, 0.1) is 19.9 Å². The van der Waals surface area contributed by atoms with Crippen LogP contribution in [0.5, 0.6) is 11.5 Å². The molecule has 3 fully saturated rings. The van der Waals surface area contributed by atoms with Gasteiger partial charge < -0.3 is 14.8 Å². The number of aryl methyl sites for hydroxylation is 1. The van der Waals surface area contributed by atoms with Crippen LogP contribution in [-0.2, 0) is 12.5 Å². The number of carbonyl (C=O) groups excluding carboxylic acids is 1. The first-order valence-corrected chi connectivity index (χ1v) is 13.6. The van der Waals surface area contributed by atoms with E-state index < -0.39 is 0 Å². The largest absolute Gasteiger partial charge is 0.493 e. The van der Waals surface area contributed by atoms with Crippen LogP contribution in [0.4, 0.5) is 0 Å². The molecule has 1 amide bonds. The number of piperidine rings is 3. The van der Waals surface area contributed by atoms with Gasteiger partial charge in [-0.1, -0.05) is 32.9 Å². The van der Waals surface area contributed by atoms with Gasteiger partial charge in [0.25, 0.3) is 5.91 Å². The second-order valence-electron chi connectivity index (χ2n) is 11.7. The van der Waals surface area contributed by atoms with Crippen LogP contribution < -0.4 is 14.8 Å². The van der Waals surface area contributed by atoms with E-state index >= 15 is 0 Å². The zero-order chi connectivity index (χ0) is 27.0. The molecular formula is C31H40N4O3. The van der Waals surface area contributed by atoms with Gasteiger partial charge in [-0.25, -0.2) is 0 Å². The third-order valence-electron chi connectivity index (χ3n) is 8.37. The van der Waals surface area contributed by atoms with Gasteiger partial charge in [0, 0.05) is 48.9 Å². The van der Waals surface area contributed by atoms with Crippen LogP contribution in [0, 0.1) is 5.92 Å². The molecule has 0 spiro atoms. The maximum Gasteiger partial charge on any atom is 0.251 e. The summed E-state index contributed by atoms with van der Waals surface area (Å²) in [5.41, 5.74) is 5.27. The lowest BCUT2D eigenvalue weighted by atomic mass is 9.74. The average Bonchev–Trinajstić information content (AvgIpc) is 3.32. The molecule has 0 radical (unpaired) electrons. The van der Waals surface area contributed by atoms with Crippen LogP contribution in [0.25, 0.3) is 11.3 Å². The van der Waals surface area contributed by atoms with E-state index in [2.05, 4.69) is 49.2 Å². The minimum atomic E-state index is 0.0100. The number of rotatable bonds is 7. The van der Waals surface area contributed by atoms with Crippen molar-refractivity contribution >= 4 is 5.91 Å². The lowest BCUT2D eigenvalue weighted by Gasteiger charge is -2.50. The highest BCUT2D eigenvalue weighted by Gasteiger charge is 2.42. The number of hydrogen-bond donors (Lipinski definition) is 1. The highest BCUT2D eigenvalue weighted by atomic mass is 16.5. The quantitative estimate of drug-likeness (QED) is 0.478. The fourth-order valence-electron chi connectivity index (χ4n) is 6.09. The van der Waals surface area contributed by atoms with E-state index in [-0.39, 0.29) is 11.3 Å². The molecule has 2 bridgehead atoms. The number of hydrogen-bond acceptors (Lipinski definition) is 5. The first-order valence-electron chi connectivity index (χ1n) is 13.6. The number of amides is 1. The molecule has 6 rings (SSSR count). The Morgan fingerprint density at radius 1 is 1.05 bits per heavy atom. The van der Waals surface area contributed by atoms with Crippen LogP contribution in [-0.4, -0.2) is 60.5 Å². The zero-order valence-electron chi connectivity index (χ0n) is 23.5. The summed E-state index contributed by atoms with van der Waals surface area (Å²) in [7, 11) is 5.34. The lowest BCUT2D eigenvalue weighted by molar-refractivity contribution is 0.0280. The molecule has 3 aliphatic rings. The van der Waals surface area contributed by atoms with Crippen LogP contribution in [0.15, 0.2) is 48.5 Å². The second-order valence-corrected chi connectivity index (χ2v) is 11.7. The van der Waals surface area contributed by atoms with E-state index in [1.165, 1.54) is 17.7 Å². The van der Waals surface area contributed by atoms with Gasteiger partial charge in [-0.3, -0.25) is 14.4 Å². The number of carbonyl (C=O) groups is 1. The summed E-state index contributed by atoms with van der Waals surface area (Å²) in [6, 6.07) is 16.6. The molecule has 7 nitrogen and oxygen atoms in total. The summed E-state index contributed by atoms with van der Waals surface area (Å²) in [5.74, 6) is 2.45. The smallest absolute Gasteiger partial charge is 0.251 e. The first-order chi connectivity index (χ1) is 18.2. The summed E-state index contributed by atoms with van der Waals surface area (Å²) in [6.07, 6.45) is 2.27. The third-order valence-corrected chi connectivity index (χ3v) is 8.37. The third kappa shape index (κ3) is 5.17. The van der Waals surface area contributed by atoms with Crippen molar-refractivity contribution in [3.63, 3.8) is 0 Å². The van der Waals surface area contributed by atoms with Crippen molar-refractivity contribution in [2.45, 2.75) is 51.0 Å². The predicted molar refractivity (Wildman–Crippen MR) is 150 cm³/mol. The molecule has 3 aliphatic heterocycles. The standard InChI is InChI=1S/C31H40N4O3/c1-31(2,3)23-10-7-20(8-11-23)30(36)32-18-24-15-21-13-14-35(24)19-25(21)27-17-26(33-34(27)4)22-9-12-28(37-5)29(16-22)38-6/h7-12,16-17,21,24-25H,13-15,18-19H2,1-6H3,(H,32,36)/t21-,24+,25-/m0/s1. The summed E-state index contributed by atoms with van der Waals surface area (Å²) < 4.78 is 12.9. The molecule has 1 N–H and O–H groups in total. The molecule has 2 aromatic carbocycles. The Hall–Kier alpha value is -3.32. The van der Waals surface area contributed by atoms with Gasteiger partial charge in [0.1, 0.15) is 0 Å². The Bertz CT molecular complexity index is 1290. The van der Waals surface area contributed by atoms with Crippen molar-refractivity contribution in [1.29, 1.82) is 0 Å². The molecule has 4 atom stereocenters. The Balaban J connectivity index is 1.23. The Labute approximate surface area is 226 Å². The molecule has 4 heterocycles. The number of aromatic nitrogens is 2. The Morgan fingerprint density at radius 3 is 2.42 bits per heavy atom. The fourth-order valence-corrected chi connectivity index (χ4v) is 6.09. The van der Waals surface area contributed by atoms with Gasteiger partial charge in [0.15, 0.2) is 11.5 Å². The van der Waals surface area contributed by atoms with E-state index in [1.54, 1.807) is 14.2 Å². The molecule has 38 heavy (non-hydrogen) atoms. The number of nitrogens with zero attached hydrogens (tertiary/aromatic N) is 3. The Morgan fingerprint density at radius 2 is 1.79 bits per heavy atom. The van der Waals surface area contributed by atoms with E-state index in [9.17, 15) is 4.79 Å². The van der Waals surface area contributed by atoms with Crippen LogP contribution in [0.2, 0.25) is 0 Å². The van der Waals surface area contributed by atoms with Gasteiger partial charge in [-0.05, 0) is 72.7 Å². The maximum absolute atomic E-state index is 12.9. The molecular weight excluding hydrogens is 476 g/mol. The minimum absolute atomic E-state index is 0.0100. The minimum Gasteiger partial charge on any atom is -0.493 e. The maximum atomic E-state index is 12.9. The zero-order valence-corrected chi connectivity index (χ0v) is 23.5. The number of ether oxygens (including phenoxy) is 2. The van der Waals surface area contributed by atoms with Crippen molar-refractivity contribution in [2.24, 2.45) is 13.0 Å². The second kappa shape index (κ2) is 10.4. The average molecular weight is 517 g/mol. The topological polar surface area (TPSA) is 68.6 Å². The molecule has 7 heteroatoms. The first kappa shape index (κ1) is 26.3. The molecule has 0 saturated carbocycles. The molecule has 0 aliphatic carbocycles. The van der Waals surface area contributed by atoms with E-state index in [0.717, 1.165) is 36.3 Å². The molecule has 1 unspecified atom stereocenters. The highest BCUT2D eigenvalue weighted by Crippen LogP contribution is 2.42. The number of benzene rings is 2. The van der Waals surface area contributed by atoms with Crippen LogP contribution >= 0.6 is 0 Å².